The number of anilines is 1. The Hall–Kier alpha value is -2.50. The van der Waals surface area contributed by atoms with E-state index in [9.17, 15) is 9.00 Å². The zero-order chi connectivity index (χ0) is 18.7. The second-order valence-electron chi connectivity index (χ2n) is 5.72. The normalized spacial score (nSPS) is 11.8. The number of nitrogens with one attached hydrogen (secondary N) is 1. The third-order valence-electron chi connectivity index (χ3n) is 3.86. The minimum Gasteiger partial charge on any atom is -0.326 e. The van der Waals surface area contributed by atoms with E-state index in [1.54, 1.807) is 24.6 Å². The number of halogens is 1. The zero-order valence-corrected chi connectivity index (χ0v) is 15.9. The van der Waals surface area contributed by atoms with Gasteiger partial charge < -0.3 is 5.32 Å². The van der Waals surface area contributed by atoms with Gasteiger partial charge in [0.25, 0.3) is 0 Å². The van der Waals surface area contributed by atoms with Gasteiger partial charge in [-0.15, -0.1) is 0 Å². The molecule has 4 nitrogen and oxygen atoms in total. The van der Waals surface area contributed by atoms with Crippen LogP contribution in [0.3, 0.4) is 0 Å². The summed E-state index contributed by atoms with van der Waals surface area (Å²) in [4.78, 5) is 16.8. The van der Waals surface area contributed by atoms with Gasteiger partial charge in [0.1, 0.15) is 0 Å². The molecule has 1 unspecified atom stereocenters. The lowest BCUT2D eigenvalue weighted by Crippen LogP contribution is -2.08. The van der Waals surface area contributed by atoms with Crippen molar-refractivity contribution in [3.63, 3.8) is 0 Å². The standard InChI is InChI=1S/C20H17ClN2O2S/c1-13(24)23-19-12-14(26(2)25)9-10-17(19)20-16(7-5-11-22-20)15-6-3-4-8-18(15)21/h3-12H,1-2H3,(H,23,24). The predicted octanol–water partition coefficient (Wildman–Crippen LogP) is 4.76. The SMILES string of the molecule is CC(=O)Nc1cc(S(C)=O)ccc1-c1ncccc1-c1ccccc1Cl. The Kier molecular flexibility index (Phi) is 5.49. The molecule has 132 valence electrons. The zero-order valence-electron chi connectivity index (χ0n) is 14.3. The van der Waals surface area contributed by atoms with Crippen LogP contribution in [-0.4, -0.2) is 21.4 Å². The van der Waals surface area contributed by atoms with Crippen LogP contribution in [0, 0.1) is 0 Å². The summed E-state index contributed by atoms with van der Waals surface area (Å²) in [6, 6.07) is 16.6. The molecular formula is C20H17ClN2O2S. The summed E-state index contributed by atoms with van der Waals surface area (Å²) in [6.07, 6.45) is 3.29. The first-order valence-corrected chi connectivity index (χ1v) is 9.86. The van der Waals surface area contributed by atoms with Gasteiger partial charge in [0.2, 0.25) is 5.91 Å². The van der Waals surface area contributed by atoms with E-state index in [0.29, 0.717) is 21.3 Å². The van der Waals surface area contributed by atoms with E-state index in [0.717, 1.165) is 16.7 Å². The Labute approximate surface area is 159 Å². The molecule has 0 bridgehead atoms. The van der Waals surface area contributed by atoms with Crippen LogP contribution in [0.15, 0.2) is 65.7 Å². The van der Waals surface area contributed by atoms with Crippen molar-refractivity contribution in [1.82, 2.24) is 4.98 Å². The van der Waals surface area contributed by atoms with Crippen molar-refractivity contribution in [2.24, 2.45) is 0 Å². The molecule has 0 spiro atoms. The number of hydrogen-bond acceptors (Lipinski definition) is 3. The first-order chi connectivity index (χ1) is 12.5. The molecule has 1 amide bonds. The first-order valence-electron chi connectivity index (χ1n) is 7.92. The summed E-state index contributed by atoms with van der Waals surface area (Å²) in [5.41, 5.74) is 3.71. The predicted molar refractivity (Wildman–Crippen MR) is 107 cm³/mol. The van der Waals surface area contributed by atoms with Crippen LogP contribution >= 0.6 is 11.6 Å². The maximum atomic E-state index is 11.8. The van der Waals surface area contributed by atoms with Gasteiger partial charge in [-0.2, -0.15) is 0 Å². The average Bonchev–Trinajstić information content (AvgIpc) is 2.62. The fourth-order valence-electron chi connectivity index (χ4n) is 2.72. The number of amides is 1. The highest BCUT2D eigenvalue weighted by Crippen LogP contribution is 2.38. The van der Waals surface area contributed by atoms with Gasteiger partial charge in [-0.3, -0.25) is 14.0 Å². The molecule has 0 aliphatic heterocycles. The highest BCUT2D eigenvalue weighted by atomic mass is 35.5. The number of pyridine rings is 1. The topological polar surface area (TPSA) is 59.1 Å². The number of carbonyl (C=O) groups is 1. The summed E-state index contributed by atoms with van der Waals surface area (Å²) in [5.74, 6) is -0.208. The van der Waals surface area contributed by atoms with Gasteiger partial charge >= 0.3 is 0 Å². The maximum Gasteiger partial charge on any atom is 0.221 e. The van der Waals surface area contributed by atoms with E-state index in [2.05, 4.69) is 10.3 Å². The quantitative estimate of drug-likeness (QED) is 0.705. The van der Waals surface area contributed by atoms with Gasteiger partial charge in [0, 0.05) is 56.8 Å². The molecule has 0 aliphatic carbocycles. The lowest BCUT2D eigenvalue weighted by Gasteiger charge is -2.15. The van der Waals surface area contributed by atoms with Gasteiger partial charge in [-0.25, -0.2) is 0 Å². The summed E-state index contributed by atoms with van der Waals surface area (Å²) in [6.45, 7) is 1.44. The van der Waals surface area contributed by atoms with Crippen LogP contribution in [0.25, 0.3) is 22.4 Å². The van der Waals surface area contributed by atoms with E-state index in [-0.39, 0.29) is 5.91 Å². The van der Waals surface area contributed by atoms with E-state index >= 15 is 0 Å². The lowest BCUT2D eigenvalue weighted by molar-refractivity contribution is -0.114. The third kappa shape index (κ3) is 3.84. The van der Waals surface area contributed by atoms with Crippen molar-refractivity contribution in [2.75, 3.05) is 11.6 Å². The van der Waals surface area contributed by atoms with Crippen molar-refractivity contribution in [2.45, 2.75) is 11.8 Å². The largest absolute Gasteiger partial charge is 0.326 e. The second kappa shape index (κ2) is 7.81. The van der Waals surface area contributed by atoms with Crippen LogP contribution in [0.2, 0.25) is 5.02 Å². The van der Waals surface area contributed by atoms with Gasteiger partial charge in [-0.1, -0.05) is 35.9 Å². The molecule has 0 fully saturated rings. The van der Waals surface area contributed by atoms with Crippen LogP contribution in [0.1, 0.15) is 6.92 Å². The smallest absolute Gasteiger partial charge is 0.221 e. The number of benzene rings is 2. The van der Waals surface area contributed by atoms with Crippen LogP contribution < -0.4 is 5.32 Å². The highest BCUT2D eigenvalue weighted by molar-refractivity contribution is 7.84. The lowest BCUT2D eigenvalue weighted by atomic mass is 9.98. The molecule has 0 radical (unpaired) electrons. The fraction of sp³-hybridized carbons (Fsp3) is 0.100. The number of aromatic nitrogens is 1. The van der Waals surface area contributed by atoms with Crippen molar-refractivity contribution in [3.05, 3.63) is 65.8 Å². The Balaban J connectivity index is 2.23. The molecule has 1 heterocycles. The Bertz CT molecular complexity index is 1000. The van der Waals surface area contributed by atoms with Crippen molar-refractivity contribution in [3.8, 4) is 22.4 Å². The Morgan fingerprint density at radius 1 is 1.04 bits per heavy atom. The minimum absolute atomic E-state index is 0.208. The molecule has 6 heteroatoms. The molecule has 1 atom stereocenters. The van der Waals surface area contributed by atoms with Crippen molar-refractivity contribution in [1.29, 1.82) is 0 Å². The molecular weight excluding hydrogens is 368 g/mol. The van der Waals surface area contributed by atoms with Crippen LogP contribution in [-0.2, 0) is 15.6 Å². The molecule has 26 heavy (non-hydrogen) atoms. The summed E-state index contributed by atoms with van der Waals surface area (Å²) < 4.78 is 11.8. The Morgan fingerprint density at radius 2 is 1.77 bits per heavy atom. The Morgan fingerprint density at radius 3 is 2.46 bits per heavy atom. The van der Waals surface area contributed by atoms with Gasteiger partial charge in [-0.05, 0) is 30.3 Å². The van der Waals surface area contributed by atoms with Crippen LogP contribution in [0.4, 0.5) is 5.69 Å². The molecule has 2 aromatic carbocycles. The summed E-state index contributed by atoms with van der Waals surface area (Å²) in [5, 5.41) is 3.43. The van der Waals surface area contributed by atoms with Crippen molar-refractivity contribution >= 4 is 34.0 Å². The maximum absolute atomic E-state index is 11.8. The van der Waals surface area contributed by atoms with Gasteiger partial charge in [0.15, 0.2) is 0 Å². The van der Waals surface area contributed by atoms with E-state index in [4.69, 9.17) is 11.6 Å². The fourth-order valence-corrected chi connectivity index (χ4v) is 3.50. The number of hydrogen-bond donors (Lipinski definition) is 1. The molecule has 0 saturated heterocycles. The second-order valence-corrected chi connectivity index (χ2v) is 7.51. The molecule has 1 N–H and O–H groups in total. The summed E-state index contributed by atoms with van der Waals surface area (Å²) in [7, 11) is -1.16. The highest BCUT2D eigenvalue weighted by Gasteiger charge is 2.16. The third-order valence-corrected chi connectivity index (χ3v) is 5.11. The number of carbonyl (C=O) groups excluding carboxylic acids is 1. The molecule has 3 rings (SSSR count). The van der Waals surface area contributed by atoms with Crippen LogP contribution in [0.5, 0.6) is 0 Å². The van der Waals surface area contributed by atoms with E-state index < -0.39 is 10.8 Å². The molecule has 1 aromatic heterocycles. The monoisotopic (exact) mass is 384 g/mol. The summed E-state index contributed by atoms with van der Waals surface area (Å²) >= 11 is 6.37. The van der Waals surface area contributed by atoms with Crippen molar-refractivity contribution < 1.29 is 9.00 Å². The first kappa shape index (κ1) is 18.3. The molecule has 0 aliphatic rings. The van der Waals surface area contributed by atoms with E-state index in [1.807, 2.05) is 42.5 Å². The van der Waals surface area contributed by atoms with Gasteiger partial charge in [0.05, 0.1) is 11.4 Å². The molecule has 3 aromatic rings. The minimum atomic E-state index is -1.16. The average molecular weight is 385 g/mol. The van der Waals surface area contributed by atoms with E-state index in [1.165, 1.54) is 6.92 Å². The number of nitrogens with zero attached hydrogens (tertiary/aromatic N) is 1. The number of rotatable bonds is 4. The molecule has 0 saturated carbocycles.